The summed E-state index contributed by atoms with van der Waals surface area (Å²) < 4.78 is 5.72. The number of aryl methyl sites for hydroxylation is 1. The Kier molecular flexibility index (Phi) is 3.12. The van der Waals surface area contributed by atoms with Crippen LogP contribution in [0.4, 0.5) is 5.69 Å². The molecule has 0 unspecified atom stereocenters. The summed E-state index contributed by atoms with van der Waals surface area (Å²) in [6, 6.07) is 11.6. The highest BCUT2D eigenvalue weighted by Gasteiger charge is 2.18. The molecule has 0 aliphatic carbocycles. The van der Waals surface area contributed by atoms with Crippen LogP contribution >= 0.6 is 23.7 Å². The van der Waals surface area contributed by atoms with Crippen LogP contribution < -0.4 is 9.44 Å². The minimum absolute atomic E-state index is 0.0937. The van der Waals surface area contributed by atoms with Gasteiger partial charge in [0.1, 0.15) is 0 Å². The van der Waals surface area contributed by atoms with Gasteiger partial charge in [0.15, 0.2) is 0 Å². The number of carbonyl (C=O) groups excluding carboxylic acids is 1. The molecule has 1 aliphatic rings. The lowest BCUT2D eigenvalue weighted by Crippen LogP contribution is -2.23. The van der Waals surface area contributed by atoms with E-state index in [1.54, 1.807) is 0 Å². The van der Waals surface area contributed by atoms with Crippen molar-refractivity contribution in [1.82, 2.24) is 4.72 Å². The Labute approximate surface area is 120 Å². The lowest BCUT2D eigenvalue weighted by atomic mass is 10.0. The van der Waals surface area contributed by atoms with E-state index < -0.39 is 0 Å². The van der Waals surface area contributed by atoms with Crippen molar-refractivity contribution in [2.45, 2.75) is 6.92 Å². The van der Waals surface area contributed by atoms with E-state index in [1.165, 1.54) is 12.1 Å². The van der Waals surface area contributed by atoms with Crippen molar-refractivity contribution in [2.24, 2.45) is 0 Å². The molecule has 0 saturated carbocycles. The summed E-state index contributed by atoms with van der Waals surface area (Å²) >= 11 is 7.44. The number of carbonyl (C=O) groups is 1. The molecular formula is C14H11ClN2OS. The van der Waals surface area contributed by atoms with E-state index in [0.29, 0.717) is 10.6 Å². The van der Waals surface area contributed by atoms with Gasteiger partial charge in [-0.3, -0.25) is 9.52 Å². The van der Waals surface area contributed by atoms with Crippen LogP contribution in [0.15, 0.2) is 36.4 Å². The number of amides is 1. The van der Waals surface area contributed by atoms with Crippen molar-refractivity contribution >= 4 is 35.3 Å². The predicted molar refractivity (Wildman–Crippen MR) is 80.3 cm³/mol. The molecule has 2 aromatic carbocycles. The zero-order valence-electron chi connectivity index (χ0n) is 10.2. The second-order valence-electron chi connectivity index (χ2n) is 4.38. The maximum absolute atomic E-state index is 11.8. The van der Waals surface area contributed by atoms with Gasteiger partial charge in [-0.15, -0.1) is 0 Å². The Morgan fingerprint density at radius 1 is 1.05 bits per heavy atom. The molecule has 0 spiro atoms. The molecule has 19 heavy (non-hydrogen) atoms. The number of benzene rings is 2. The summed E-state index contributed by atoms with van der Waals surface area (Å²) in [5.74, 6) is -0.0937. The van der Waals surface area contributed by atoms with Crippen LogP contribution in [0.1, 0.15) is 15.9 Å². The van der Waals surface area contributed by atoms with Gasteiger partial charge in [0, 0.05) is 10.6 Å². The van der Waals surface area contributed by atoms with Gasteiger partial charge in [-0.2, -0.15) is 0 Å². The minimum atomic E-state index is -0.0937. The van der Waals surface area contributed by atoms with Crippen LogP contribution in [-0.2, 0) is 0 Å². The maximum atomic E-state index is 11.8. The third-order valence-electron chi connectivity index (χ3n) is 3.00. The third-order valence-corrected chi connectivity index (χ3v) is 3.93. The quantitative estimate of drug-likeness (QED) is 0.779. The largest absolute Gasteiger partial charge is 0.311 e. The van der Waals surface area contributed by atoms with E-state index >= 15 is 0 Å². The van der Waals surface area contributed by atoms with E-state index in [1.807, 2.05) is 43.3 Å². The third kappa shape index (κ3) is 2.29. The average molecular weight is 291 g/mol. The van der Waals surface area contributed by atoms with E-state index in [2.05, 4.69) is 9.44 Å². The van der Waals surface area contributed by atoms with Gasteiger partial charge < -0.3 is 4.72 Å². The van der Waals surface area contributed by atoms with Crippen LogP contribution in [0, 0.1) is 6.92 Å². The number of hydrogen-bond acceptors (Lipinski definition) is 3. The van der Waals surface area contributed by atoms with Gasteiger partial charge in [-0.1, -0.05) is 29.8 Å². The number of hydrogen-bond donors (Lipinski definition) is 2. The number of fused-ring (bicyclic) bond motifs is 1. The molecule has 1 amide bonds. The highest BCUT2D eigenvalue weighted by Crippen LogP contribution is 2.33. The molecule has 3 nitrogen and oxygen atoms in total. The van der Waals surface area contributed by atoms with Crippen molar-refractivity contribution in [2.75, 3.05) is 4.72 Å². The number of nitrogens with one attached hydrogen (secondary N) is 2. The fourth-order valence-corrected chi connectivity index (χ4v) is 2.91. The maximum Gasteiger partial charge on any atom is 0.264 e. The normalized spacial score (nSPS) is 13.5. The van der Waals surface area contributed by atoms with Gasteiger partial charge in [-0.05, 0) is 36.2 Å². The highest BCUT2D eigenvalue weighted by atomic mass is 35.5. The monoisotopic (exact) mass is 290 g/mol. The van der Waals surface area contributed by atoms with E-state index in [-0.39, 0.29) is 5.91 Å². The van der Waals surface area contributed by atoms with E-state index in [4.69, 9.17) is 11.6 Å². The van der Waals surface area contributed by atoms with Crippen molar-refractivity contribution in [3.8, 4) is 11.1 Å². The SMILES string of the molecule is Cc1ccc(-c2ccc3c(c2)C(=O)NSN3)c(Cl)c1. The Hall–Kier alpha value is -1.65. The summed E-state index contributed by atoms with van der Waals surface area (Å²) in [6.45, 7) is 2.00. The lowest BCUT2D eigenvalue weighted by molar-refractivity contribution is 0.0984. The molecular weight excluding hydrogens is 280 g/mol. The summed E-state index contributed by atoms with van der Waals surface area (Å²) in [5.41, 5.74) is 4.44. The zero-order chi connectivity index (χ0) is 13.4. The predicted octanol–water partition coefficient (Wildman–Crippen LogP) is 4.03. The molecule has 1 aliphatic heterocycles. The molecule has 0 atom stereocenters. The average Bonchev–Trinajstić information content (AvgIpc) is 2.39. The summed E-state index contributed by atoms with van der Waals surface area (Å²) in [6.07, 6.45) is 0. The van der Waals surface area contributed by atoms with Crippen molar-refractivity contribution in [1.29, 1.82) is 0 Å². The number of rotatable bonds is 1. The molecule has 0 bridgehead atoms. The van der Waals surface area contributed by atoms with Crippen molar-refractivity contribution in [3.05, 3.63) is 52.5 Å². The van der Waals surface area contributed by atoms with Crippen molar-refractivity contribution in [3.63, 3.8) is 0 Å². The van der Waals surface area contributed by atoms with Crippen LogP contribution in [0.3, 0.4) is 0 Å². The molecule has 0 radical (unpaired) electrons. The molecule has 1 heterocycles. The van der Waals surface area contributed by atoms with Gasteiger partial charge in [0.2, 0.25) is 0 Å². The summed E-state index contributed by atoms with van der Waals surface area (Å²) in [7, 11) is 0. The smallest absolute Gasteiger partial charge is 0.264 e. The first-order chi connectivity index (χ1) is 9.15. The number of halogens is 1. The Bertz CT molecular complexity index is 672. The molecule has 0 saturated heterocycles. The molecule has 96 valence electrons. The van der Waals surface area contributed by atoms with Gasteiger partial charge in [0.05, 0.1) is 23.4 Å². The van der Waals surface area contributed by atoms with Crippen LogP contribution in [0.25, 0.3) is 11.1 Å². The molecule has 5 heteroatoms. The topological polar surface area (TPSA) is 41.1 Å². The molecule has 3 rings (SSSR count). The summed E-state index contributed by atoms with van der Waals surface area (Å²) in [5, 5.41) is 0.693. The molecule has 0 fully saturated rings. The zero-order valence-corrected chi connectivity index (χ0v) is 11.7. The Morgan fingerprint density at radius 3 is 2.68 bits per heavy atom. The highest BCUT2D eigenvalue weighted by molar-refractivity contribution is 7.99. The second kappa shape index (κ2) is 4.79. The Balaban J connectivity index is 2.11. The second-order valence-corrected chi connectivity index (χ2v) is 5.40. The van der Waals surface area contributed by atoms with E-state index in [0.717, 1.165) is 22.4 Å². The lowest BCUT2D eigenvalue weighted by Gasteiger charge is -2.18. The van der Waals surface area contributed by atoms with Crippen molar-refractivity contribution < 1.29 is 4.79 Å². The summed E-state index contributed by atoms with van der Waals surface area (Å²) in [4.78, 5) is 11.8. The standard InChI is InChI=1S/C14H11ClN2OS/c1-8-2-4-10(12(15)6-8)9-3-5-13-11(7-9)14(18)17-19-16-13/h2-7,16H,1H3,(H,17,18). The molecule has 2 aromatic rings. The first kappa shape index (κ1) is 12.4. The van der Waals surface area contributed by atoms with Crippen LogP contribution in [0.5, 0.6) is 0 Å². The van der Waals surface area contributed by atoms with Gasteiger partial charge in [-0.25, -0.2) is 0 Å². The molecule has 2 N–H and O–H groups in total. The molecule has 0 aromatic heterocycles. The minimum Gasteiger partial charge on any atom is -0.311 e. The van der Waals surface area contributed by atoms with E-state index in [9.17, 15) is 4.79 Å². The Morgan fingerprint density at radius 2 is 1.89 bits per heavy atom. The fraction of sp³-hybridized carbons (Fsp3) is 0.0714. The van der Waals surface area contributed by atoms with Crippen LogP contribution in [0.2, 0.25) is 5.02 Å². The van der Waals surface area contributed by atoms with Gasteiger partial charge in [0.25, 0.3) is 5.91 Å². The number of anilines is 1. The first-order valence-electron chi connectivity index (χ1n) is 5.78. The first-order valence-corrected chi connectivity index (χ1v) is 6.97. The van der Waals surface area contributed by atoms with Gasteiger partial charge >= 0.3 is 0 Å². The fourth-order valence-electron chi connectivity index (χ4n) is 2.02. The van der Waals surface area contributed by atoms with Crippen LogP contribution in [-0.4, -0.2) is 5.91 Å².